The molecule has 1 N–H and O–H groups in total. The number of fused-ring (bicyclic) bond motifs is 1. The fourth-order valence-corrected chi connectivity index (χ4v) is 1.80. The number of benzene rings is 1. The van der Waals surface area contributed by atoms with Gasteiger partial charge in [-0.2, -0.15) is 0 Å². The minimum Gasteiger partial charge on any atom is -0.371 e. The largest absolute Gasteiger partial charge is 0.371 e. The Morgan fingerprint density at radius 3 is 2.65 bits per heavy atom. The first-order chi connectivity index (χ1) is 8.40. The fraction of sp³-hybridized carbons (Fsp3) is 0.0833. The first-order valence-corrected chi connectivity index (χ1v) is 5.31. The summed E-state index contributed by atoms with van der Waals surface area (Å²) in [6.45, 7) is 0. The summed E-state index contributed by atoms with van der Waals surface area (Å²) in [5, 5.41) is 3.01. The second-order valence-corrected chi connectivity index (χ2v) is 3.59. The van der Waals surface area contributed by atoms with Crippen molar-refractivity contribution in [3.63, 3.8) is 0 Å². The number of nitrogens with zero attached hydrogens (tertiary/aromatic N) is 4. The molecule has 0 aliphatic carbocycles. The summed E-state index contributed by atoms with van der Waals surface area (Å²) in [6, 6.07) is 9.99. The van der Waals surface area contributed by atoms with Crippen LogP contribution in [0.3, 0.4) is 0 Å². The minimum atomic E-state index is 0.740. The van der Waals surface area contributed by atoms with Gasteiger partial charge in [0, 0.05) is 12.7 Å². The van der Waals surface area contributed by atoms with Crippen LogP contribution in [0.5, 0.6) is 0 Å². The molecule has 2 heterocycles. The van der Waals surface area contributed by atoms with Gasteiger partial charge in [-0.25, -0.2) is 15.0 Å². The van der Waals surface area contributed by atoms with Gasteiger partial charge >= 0.3 is 0 Å². The third kappa shape index (κ3) is 1.52. The third-order valence-corrected chi connectivity index (χ3v) is 2.60. The van der Waals surface area contributed by atoms with Gasteiger partial charge in [0.15, 0.2) is 17.0 Å². The Bertz CT molecular complexity index is 644. The maximum atomic E-state index is 4.34. The van der Waals surface area contributed by atoms with E-state index in [9.17, 15) is 0 Å². The van der Waals surface area contributed by atoms with E-state index in [2.05, 4.69) is 20.3 Å². The maximum Gasteiger partial charge on any atom is 0.170 e. The van der Waals surface area contributed by atoms with Crippen molar-refractivity contribution in [2.45, 2.75) is 0 Å². The molecule has 5 nitrogen and oxygen atoms in total. The van der Waals surface area contributed by atoms with Crippen LogP contribution in [-0.4, -0.2) is 26.6 Å². The average molecular weight is 225 g/mol. The van der Waals surface area contributed by atoms with Crippen molar-refractivity contribution < 1.29 is 0 Å². The number of nitrogens with one attached hydrogen (secondary N) is 1. The van der Waals surface area contributed by atoms with Crippen molar-refractivity contribution in [2.75, 3.05) is 12.4 Å². The Balaban J connectivity index is 2.26. The van der Waals surface area contributed by atoms with Crippen LogP contribution >= 0.6 is 0 Å². The number of imidazole rings is 1. The van der Waals surface area contributed by atoms with E-state index >= 15 is 0 Å². The van der Waals surface area contributed by atoms with Gasteiger partial charge < -0.3 is 5.32 Å². The quantitative estimate of drug-likeness (QED) is 0.723. The second-order valence-electron chi connectivity index (χ2n) is 3.59. The van der Waals surface area contributed by atoms with Crippen LogP contribution in [0.1, 0.15) is 0 Å². The highest BCUT2D eigenvalue weighted by molar-refractivity contribution is 5.83. The topological polar surface area (TPSA) is 55.6 Å². The highest BCUT2D eigenvalue weighted by atomic mass is 15.1. The Morgan fingerprint density at radius 2 is 1.88 bits per heavy atom. The monoisotopic (exact) mass is 225 g/mol. The maximum absolute atomic E-state index is 4.34. The number of anilines is 1. The molecular formula is C12H11N5. The Labute approximate surface area is 98.2 Å². The van der Waals surface area contributed by atoms with E-state index in [-0.39, 0.29) is 0 Å². The summed E-state index contributed by atoms with van der Waals surface area (Å²) < 4.78 is 1.94. The molecule has 0 amide bonds. The van der Waals surface area contributed by atoms with Crippen molar-refractivity contribution in [1.29, 1.82) is 0 Å². The summed E-state index contributed by atoms with van der Waals surface area (Å²) in [7, 11) is 1.82. The van der Waals surface area contributed by atoms with Crippen LogP contribution in [0, 0.1) is 0 Å². The van der Waals surface area contributed by atoms with E-state index in [4.69, 9.17) is 0 Å². The number of hydrogen-bond donors (Lipinski definition) is 1. The van der Waals surface area contributed by atoms with Crippen molar-refractivity contribution in [2.24, 2.45) is 0 Å². The predicted octanol–water partition coefficient (Wildman–Crippen LogP) is 1.86. The van der Waals surface area contributed by atoms with Crippen LogP contribution in [-0.2, 0) is 0 Å². The molecule has 0 aliphatic rings. The van der Waals surface area contributed by atoms with Gasteiger partial charge in [0.05, 0.1) is 0 Å². The lowest BCUT2D eigenvalue weighted by Gasteiger charge is -2.03. The first kappa shape index (κ1) is 9.77. The Kier molecular flexibility index (Phi) is 2.22. The fourth-order valence-electron chi connectivity index (χ4n) is 1.80. The van der Waals surface area contributed by atoms with Crippen molar-refractivity contribution >= 4 is 17.0 Å². The van der Waals surface area contributed by atoms with Gasteiger partial charge in [-0.1, -0.05) is 18.2 Å². The zero-order chi connectivity index (χ0) is 11.7. The van der Waals surface area contributed by atoms with E-state index in [0.717, 1.165) is 22.7 Å². The number of aromatic nitrogens is 4. The molecule has 0 unspecified atom stereocenters. The summed E-state index contributed by atoms with van der Waals surface area (Å²) in [5.74, 6) is 0.740. The molecule has 0 saturated heterocycles. The van der Waals surface area contributed by atoms with Gasteiger partial charge in [0.1, 0.15) is 12.7 Å². The van der Waals surface area contributed by atoms with E-state index < -0.39 is 0 Å². The van der Waals surface area contributed by atoms with E-state index in [1.165, 1.54) is 6.33 Å². The van der Waals surface area contributed by atoms with Crippen molar-refractivity contribution in [3.05, 3.63) is 43.0 Å². The van der Waals surface area contributed by atoms with E-state index in [0.29, 0.717) is 0 Å². The number of rotatable bonds is 2. The molecule has 0 radical (unpaired) electrons. The molecule has 0 aliphatic heterocycles. The highest BCUT2D eigenvalue weighted by Gasteiger charge is 2.09. The molecule has 0 atom stereocenters. The molecule has 0 fully saturated rings. The number of para-hydroxylation sites is 1. The average Bonchev–Trinajstić information content (AvgIpc) is 2.83. The van der Waals surface area contributed by atoms with Gasteiger partial charge in [-0.05, 0) is 12.1 Å². The standard InChI is InChI=1S/C12H11N5/c1-13-11-10-12(15-7-14-11)17(8-16-10)9-5-3-2-4-6-9/h2-8H,1H3,(H,13,14,15). The number of hydrogen-bond acceptors (Lipinski definition) is 4. The highest BCUT2D eigenvalue weighted by Crippen LogP contribution is 2.19. The van der Waals surface area contributed by atoms with Gasteiger partial charge in [-0.3, -0.25) is 4.57 Å². The molecule has 3 aromatic rings. The predicted molar refractivity (Wildman–Crippen MR) is 66.2 cm³/mol. The summed E-state index contributed by atoms with van der Waals surface area (Å²) in [4.78, 5) is 12.8. The van der Waals surface area contributed by atoms with Gasteiger partial charge in [0.25, 0.3) is 0 Å². The molecule has 84 valence electrons. The lowest BCUT2D eigenvalue weighted by atomic mass is 10.3. The molecule has 1 aromatic carbocycles. The molecule has 0 bridgehead atoms. The minimum absolute atomic E-state index is 0.740. The van der Waals surface area contributed by atoms with Crippen LogP contribution in [0.25, 0.3) is 16.9 Å². The lowest BCUT2D eigenvalue weighted by molar-refractivity contribution is 1.06. The zero-order valence-electron chi connectivity index (χ0n) is 9.33. The molecular weight excluding hydrogens is 214 g/mol. The zero-order valence-corrected chi connectivity index (χ0v) is 9.33. The molecule has 3 rings (SSSR count). The van der Waals surface area contributed by atoms with Crippen LogP contribution in [0.2, 0.25) is 0 Å². The smallest absolute Gasteiger partial charge is 0.170 e. The SMILES string of the molecule is CNc1ncnc2c1ncn2-c1ccccc1. The van der Waals surface area contributed by atoms with Crippen LogP contribution in [0.4, 0.5) is 5.82 Å². The molecule has 0 spiro atoms. The molecule has 2 aromatic heterocycles. The van der Waals surface area contributed by atoms with E-state index in [1.807, 2.05) is 41.9 Å². The van der Waals surface area contributed by atoms with Crippen molar-refractivity contribution in [3.8, 4) is 5.69 Å². The normalized spacial score (nSPS) is 10.6. The third-order valence-electron chi connectivity index (χ3n) is 2.60. The lowest BCUT2D eigenvalue weighted by Crippen LogP contribution is -1.97. The Morgan fingerprint density at radius 1 is 1.06 bits per heavy atom. The first-order valence-electron chi connectivity index (χ1n) is 5.31. The summed E-state index contributed by atoms with van der Waals surface area (Å²) in [6.07, 6.45) is 3.30. The van der Waals surface area contributed by atoms with E-state index in [1.54, 1.807) is 6.33 Å². The molecule has 5 heteroatoms. The Hall–Kier alpha value is -2.43. The molecule has 17 heavy (non-hydrogen) atoms. The van der Waals surface area contributed by atoms with Gasteiger partial charge in [0.2, 0.25) is 0 Å². The summed E-state index contributed by atoms with van der Waals surface area (Å²) in [5.41, 5.74) is 2.62. The molecule has 0 saturated carbocycles. The second kappa shape index (κ2) is 3.86. The van der Waals surface area contributed by atoms with Gasteiger partial charge in [-0.15, -0.1) is 0 Å². The van der Waals surface area contributed by atoms with Crippen molar-refractivity contribution in [1.82, 2.24) is 19.5 Å². The summed E-state index contributed by atoms with van der Waals surface area (Å²) >= 11 is 0. The van der Waals surface area contributed by atoms with Crippen LogP contribution in [0.15, 0.2) is 43.0 Å². The van der Waals surface area contributed by atoms with Crippen LogP contribution < -0.4 is 5.32 Å².